The molecule has 3 saturated heterocycles. The zero-order chi connectivity index (χ0) is 14.5. The molecule has 0 aromatic rings. The summed E-state index contributed by atoms with van der Waals surface area (Å²) in [7, 11) is 0. The molecule has 3 fully saturated rings. The summed E-state index contributed by atoms with van der Waals surface area (Å²) in [6.45, 7) is 5.06. The number of rotatable bonds is 1. The van der Waals surface area contributed by atoms with Gasteiger partial charge < -0.3 is 9.47 Å². The lowest BCUT2D eigenvalue weighted by molar-refractivity contribution is -0.335. The maximum atomic E-state index is 9.58. The Morgan fingerprint density at radius 3 is 2.26 bits per heavy atom. The quantitative estimate of drug-likeness (QED) is 0.768. The van der Waals surface area contributed by atoms with Gasteiger partial charge in [0.05, 0.1) is 30.2 Å². The summed E-state index contributed by atoms with van der Waals surface area (Å²) in [5, 5.41) is 36.7. The van der Waals surface area contributed by atoms with E-state index in [0.717, 1.165) is 0 Å². The highest BCUT2D eigenvalue weighted by Crippen LogP contribution is 2.62. The van der Waals surface area contributed by atoms with Gasteiger partial charge in [0.2, 0.25) is 11.7 Å². The Labute approximate surface area is 111 Å². The van der Waals surface area contributed by atoms with Gasteiger partial charge >= 0.3 is 0 Å². The van der Waals surface area contributed by atoms with Crippen molar-refractivity contribution < 1.29 is 9.47 Å². The molecule has 6 heteroatoms. The number of nitrogens with one attached hydrogen (secondary N) is 1. The van der Waals surface area contributed by atoms with E-state index in [0.29, 0.717) is 6.42 Å². The second-order valence-corrected chi connectivity index (χ2v) is 5.14. The normalized spacial score (nSPS) is 42.6. The van der Waals surface area contributed by atoms with Gasteiger partial charge in [0.25, 0.3) is 0 Å². The van der Waals surface area contributed by atoms with Crippen LogP contribution in [0.3, 0.4) is 0 Å². The molecule has 3 aliphatic rings. The smallest absolute Gasteiger partial charge is 0.214 e. The molecule has 0 amide bonds. The molecule has 6 nitrogen and oxygen atoms in total. The summed E-state index contributed by atoms with van der Waals surface area (Å²) in [5.74, 6) is -2.19. The Balaban J connectivity index is 2.81. The number of fused-ring (bicyclic) bond motifs is 3. The fourth-order valence-electron chi connectivity index (χ4n) is 3.18. The fraction of sp³-hybridized carbons (Fsp3) is 0.692. The predicted octanol–water partition coefficient (Wildman–Crippen LogP) is 1.70. The maximum absolute atomic E-state index is 9.58. The van der Waals surface area contributed by atoms with E-state index in [1.54, 1.807) is 20.8 Å². The number of ether oxygens (including phenoxy) is 2. The third kappa shape index (κ3) is 1.14. The van der Waals surface area contributed by atoms with Crippen LogP contribution in [-0.2, 0) is 9.47 Å². The third-order valence-electron chi connectivity index (χ3n) is 4.48. The lowest BCUT2D eigenvalue weighted by atomic mass is 9.51. The van der Waals surface area contributed by atoms with Crippen molar-refractivity contribution in [2.75, 3.05) is 0 Å². The topological polar surface area (TPSA) is 114 Å². The van der Waals surface area contributed by atoms with Gasteiger partial charge in [-0.1, -0.05) is 13.8 Å². The van der Waals surface area contributed by atoms with Crippen LogP contribution in [0.1, 0.15) is 27.2 Å². The highest BCUT2D eigenvalue weighted by Gasteiger charge is 2.77. The maximum Gasteiger partial charge on any atom is 0.214 e. The van der Waals surface area contributed by atoms with E-state index in [1.165, 1.54) is 0 Å². The summed E-state index contributed by atoms with van der Waals surface area (Å²) >= 11 is 0. The number of nitriles is 3. The van der Waals surface area contributed by atoms with Crippen molar-refractivity contribution in [1.82, 2.24) is 0 Å². The Morgan fingerprint density at radius 2 is 1.84 bits per heavy atom. The van der Waals surface area contributed by atoms with Crippen LogP contribution in [0.2, 0.25) is 0 Å². The van der Waals surface area contributed by atoms with Gasteiger partial charge in [0, 0.05) is 6.92 Å². The van der Waals surface area contributed by atoms with Gasteiger partial charge in [0.1, 0.15) is 0 Å². The molecule has 0 spiro atoms. The van der Waals surface area contributed by atoms with Crippen LogP contribution >= 0.6 is 0 Å². The molecular formula is C13H14N4O2. The van der Waals surface area contributed by atoms with Crippen molar-refractivity contribution >= 4 is 5.90 Å². The van der Waals surface area contributed by atoms with Crippen molar-refractivity contribution in [3.8, 4) is 18.2 Å². The van der Waals surface area contributed by atoms with Gasteiger partial charge in [0.15, 0.2) is 10.8 Å². The molecule has 3 aliphatic heterocycles. The zero-order valence-electron chi connectivity index (χ0n) is 11.0. The van der Waals surface area contributed by atoms with Crippen LogP contribution < -0.4 is 0 Å². The molecule has 4 unspecified atom stereocenters. The molecule has 3 rings (SSSR count). The third-order valence-corrected chi connectivity index (χ3v) is 4.48. The van der Waals surface area contributed by atoms with E-state index in [4.69, 9.17) is 14.9 Å². The summed E-state index contributed by atoms with van der Waals surface area (Å²) in [6.07, 6.45) is -0.272. The molecular weight excluding hydrogens is 244 g/mol. The molecule has 2 bridgehead atoms. The number of nitrogens with zero attached hydrogens (tertiary/aromatic N) is 3. The summed E-state index contributed by atoms with van der Waals surface area (Å²) < 4.78 is 11.2. The summed E-state index contributed by atoms with van der Waals surface area (Å²) in [5.41, 5.74) is -3.30. The molecule has 4 atom stereocenters. The van der Waals surface area contributed by atoms with Gasteiger partial charge in [-0.05, 0) is 6.42 Å². The first-order chi connectivity index (χ1) is 8.88. The fourth-order valence-corrected chi connectivity index (χ4v) is 3.18. The Hall–Kier alpha value is -2.10. The minimum absolute atomic E-state index is 0.336. The van der Waals surface area contributed by atoms with Crippen molar-refractivity contribution in [3.63, 3.8) is 0 Å². The first kappa shape index (κ1) is 13.3. The van der Waals surface area contributed by atoms with Crippen molar-refractivity contribution in [2.24, 2.45) is 16.7 Å². The molecule has 0 aromatic carbocycles. The second-order valence-electron chi connectivity index (χ2n) is 5.14. The van der Waals surface area contributed by atoms with E-state index < -0.39 is 28.6 Å². The van der Waals surface area contributed by atoms with E-state index in [9.17, 15) is 15.8 Å². The Morgan fingerprint density at radius 1 is 1.26 bits per heavy atom. The van der Waals surface area contributed by atoms with Crippen LogP contribution in [0.5, 0.6) is 0 Å². The van der Waals surface area contributed by atoms with Crippen LogP contribution in [0, 0.1) is 56.2 Å². The lowest BCUT2D eigenvalue weighted by Crippen LogP contribution is -2.73. The molecule has 0 saturated carbocycles. The standard InChI is InChI=1S/C13H14N4O2/c1-4-9-13(7-16)10(17)19-11(3,18-9)8(2)12(13,5-14)6-15/h8-9,17H,4H2,1-3H3. The molecule has 0 radical (unpaired) electrons. The molecule has 0 aliphatic carbocycles. The van der Waals surface area contributed by atoms with Gasteiger partial charge in [-0.25, -0.2) is 0 Å². The van der Waals surface area contributed by atoms with Crippen LogP contribution in [0.25, 0.3) is 0 Å². The molecule has 1 N–H and O–H groups in total. The second kappa shape index (κ2) is 3.70. The van der Waals surface area contributed by atoms with Crippen molar-refractivity contribution in [2.45, 2.75) is 39.1 Å². The van der Waals surface area contributed by atoms with Crippen molar-refractivity contribution in [1.29, 1.82) is 21.2 Å². The van der Waals surface area contributed by atoms with Crippen LogP contribution in [-0.4, -0.2) is 17.8 Å². The lowest BCUT2D eigenvalue weighted by Gasteiger charge is -2.60. The highest BCUT2D eigenvalue weighted by atomic mass is 16.7. The molecule has 98 valence electrons. The highest BCUT2D eigenvalue weighted by molar-refractivity contribution is 5.88. The van der Waals surface area contributed by atoms with Crippen LogP contribution in [0.4, 0.5) is 0 Å². The first-order valence-electron chi connectivity index (χ1n) is 6.08. The van der Waals surface area contributed by atoms with Gasteiger partial charge in [-0.2, -0.15) is 15.8 Å². The zero-order valence-corrected chi connectivity index (χ0v) is 11.0. The van der Waals surface area contributed by atoms with E-state index in [-0.39, 0.29) is 5.90 Å². The molecule has 19 heavy (non-hydrogen) atoms. The minimum atomic E-state index is -1.66. The van der Waals surface area contributed by atoms with Crippen LogP contribution in [0.15, 0.2) is 0 Å². The Bertz CT molecular complexity index is 553. The first-order valence-corrected chi connectivity index (χ1v) is 6.08. The average molecular weight is 258 g/mol. The SMILES string of the molecule is CCC1OC2(C)OC(=N)C1(C#N)C(C#N)(C#N)C2C. The average Bonchev–Trinajstić information content (AvgIpc) is 2.40. The number of hydrogen-bond donors (Lipinski definition) is 1. The Kier molecular flexibility index (Phi) is 2.59. The largest absolute Gasteiger partial charge is 0.448 e. The number of hydrogen-bond acceptors (Lipinski definition) is 6. The monoisotopic (exact) mass is 258 g/mol. The van der Waals surface area contributed by atoms with Gasteiger partial charge in [-0.3, -0.25) is 5.41 Å². The van der Waals surface area contributed by atoms with Crippen molar-refractivity contribution in [3.05, 3.63) is 0 Å². The minimum Gasteiger partial charge on any atom is -0.448 e. The van der Waals surface area contributed by atoms with E-state index >= 15 is 0 Å². The van der Waals surface area contributed by atoms with E-state index in [1.807, 2.05) is 18.2 Å². The molecule has 0 aromatic heterocycles. The van der Waals surface area contributed by atoms with Gasteiger partial charge in [-0.15, -0.1) is 0 Å². The van der Waals surface area contributed by atoms with E-state index in [2.05, 4.69) is 0 Å². The molecule has 3 heterocycles. The summed E-state index contributed by atoms with van der Waals surface area (Å²) in [6, 6.07) is 5.93. The summed E-state index contributed by atoms with van der Waals surface area (Å²) in [4.78, 5) is 0. The predicted molar refractivity (Wildman–Crippen MR) is 63.2 cm³/mol.